The number of rotatable bonds is 3. The number of hydrogen-bond donors (Lipinski definition) is 2. The van der Waals surface area contributed by atoms with Crippen LogP contribution < -0.4 is 11.1 Å². The van der Waals surface area contributed by atoms with Crippen LogP contribution in [0.5, 0.6) is 0 Å². The predicted molar refractivity (Wildman–Crippen MR) is 56.7 cm³/mol. The first-order valence-electron chi connectivity index (χ1n) is 5.26. The molecular formula is C10H21N3. The topological polar surface area (TPSA) is 50.4 Å². The number of nitrogens with two attached hydrogens (primary N) is 1. The van der Waals surface area contributed by atoms with Gasteiger partial charge >= 0.3 is 0 Å². The zero-order chi connectivity index (χ0) is 9.68. The zero-order valence-corrected chi connectivity index (χ0v) is 8.71. The molecule has 13 heavy (non-hydrogen) atoms. The van der Waals surface area contributed by atoms with Crippen LogP contribution >= 0.6 is 0 Å². The number of nitrogens with one attached hydrogen (secondary N) is 1. The van der Waals surface area contributed by atoms with Crippen molar-refractivity contribution < 1.29 is 0 Å². The monoisotopic (exact) mass is 183 g/mol. The van der Waals surface area contributed by atoms with Crippen LogP contribution in [-0.4, -0.2) is 19.0 Å². The fourth-order valence-electron chi connectivity index (χ4n) is 1.96. The third-order valence-electron chi connectivity index (χ3n) is 2.68. The lowest BCUT2D eigenvalue weighted by atomic mass is 10.1. The maximum absolute atomic E-state index is 5.64. The summed E-state index contributed by atoms with van der Waals surface area (Å²) in [5, 5.41) is 3.01. The molecule has 1 rings (SSSR count). The Hall–Kier alpha value is -0.730. The Balaban J connectivity index is 2.21. The lowest BCUT2D eigenvalue weighted by Gasteiger charge is -2.06. The van der Waals surface area contributed by atoms with E-state index in [9.17, 15) is 0 Å². The van der Waals surface area contributed by atoms with E-state index in [1.165, 1.54) is 19.3 Å². The lowest BCUT2D eigenvalue weighted by Crippen LogP contribution is -2.31. The molecule has 3 N–H and O–H groups in total. The van der Waals surface area contributed by atoms with Crippen molar-refractivity contribution in [2.45, 2.75) is 33.1 Å². The zero-order valence-electron chi connectivity index (χ0n) is 8.71. The third-order valence-corrected chi connectivity index (χ3v) is 2.68. The molecule has 0 spiro atoms. The molecule has 1 saturated carbocycles. The fraction of sp³-hybridized carbons (Fsp3) is 0.900. The van der Waals surface area contributed by atoms with Crippen molar-refractivity contribution in [3.05, 3.63) is 0 Å². The minimum Gasteiger partial charge on any atom is -0.370 e. The lowest BCUT2D eigenvalue weighted by molar-refractivity contribution is 0.525. The van der Waals surface area contributed by atoms with Gasteiger partial charge in [-0.3, -0.25) is 4.99 Å². The van der Waals surface area contributed by atoms with Crippen LogP contribution in [0.1, 0.15) is 33.1 Å². The van der Waals surface area contributed by atoms with Crippen molar-refractivity contribution in [2.24, 2.45) is 22.6 Å². The fourth-order valence-corrected chi connectivity index (χ4v) is 1.96. The molecule has 1 aliphatic rings. The maximum Gasteiger partial charge on any atom is 0.188 e. The first-order chi connectivity index (χ1) is 6.22. The summed E-state index contributed by atoms with van der Waals surface area (Å²) in [6.45, 7) is 6.11. The SMILES string of the molecule is CCNC(N)=NCC1CCC(C)C1. The Bertz CT molecular complexity index is 177. The van der Waals surface area contributed by atoms with Crippen molar-refractivity contribution in [1.29, 1.82) is 0 Å². The van der Waals surface area contributed by atoms with Crippen LogP contribution in [0, 0.1) is 11.8 Å². The van der Waals surface area contributed by atoms with Gasteiger partial charge in [-0.05, 0) is 31.6 Å². The van der Waals surface area contributed by atoms with E-state index in [1.807, 2.05) is 6.92 Å². The molecule has 76 valence electrons. The van der Waals surface area contributed by atoms with E-state index in [0.717, 1.165) is 24.9 Å². The van der Waals surface area contributed by atoms with E-state index in [2.05, 4.69) is 17.2 Å². The molecule has 0 aromatic rings. The normalized spacial score (nSPS) is 29.2. The number of aliphatic imine (C=N–C) groups is 1. The molecular weight excluding hydrogens is 162 g/mol. The molecule has 1 fully saturated rings. The van der Waals surface area contributed by atoms with Gasteiger partial charge in [-0.2, -0.15) is 0 Å². The number of guanidine groups is 1. The first-order valence-corrected chi connectivity index (χ1v) is 5.26. The Morgan fingerprint density at radius 1 is 1.54 bits per heavy atom. The maximum atomic E-state index is 5.64. The van der Waals surface area contributed by atoms with Crippen molar-refractivity contribution in [3.63, 3.8) is 0 Å². The smallest absolute Gasteiger partial charge is 0.188 e. The van der Waals surface area contributed by atoms with Crippen LogP contribution in [0.3, 0.4) is 0 Å². The molecule has 3 heteroatoms. The Morgan fingerprint density at radius 2 is 2.31 bits per heavy atom. The highest BCUT2D eigenvalue weighted by molar-refractivity contribution is 5.77. The quantitative estimate of drug-likeness (QED) is 0.512. The van der Waals surface area contributed by atoms with Crippen LogP contribution in [-0.2, 0) is 0 Å². The molecule has 0 amide bonds. The predicted octanol–water partition coefficient (Wildman–Crippen LogP) is 1.35. The average molecular weight is 183 g/mol. The minimum absolute atomic E-state index is 0.599. The summed E-state index contributed by atoms with van der Waals surface area (Å²) < 4.78 is 0. The molecule has 0 heterocycles. The van der Waals surface area contributed by atoms with Gasteiger partial charge in [0.15, 0.2) is 5.96 Å². The molecule has 0 aliphatic heterocycles. The summed E-state index contributed by atoms with van der Waals surface area (Å²) in [5.74, 6) is 2.26. The van der Waals surface area contributed by atoms with Gasteiger partial charge in [0.2, 0.25) is 0 Å². The van der Waals surface area contributed by atoms with E-state index >= 15 is 0 Å². The van der Waals surface area contributed by atoms with Gasteiger partial charge in [-0.15, -0.1) is 0 Å². The molecule has 0 aromatic carbocycles. The van der Waals surface area contributed by atoms with Crippen LogP contribution in [0.25, 0.3) is 0 Å². The molecule has 0 saturated heterocycles. The number of hydrogen-bond acceptors (Lipinski definition) is 1. The van der Waals surface area contributed by atoms with Crippen molar-refractivity contribution in [1.82, 2.24) is 5.32 Å². The molecule has 1 aliphatic carbocycles. The molecule has 0 radical (unpaired) electrons. The number of nitrogens with zero attached hydrogens (tertiary/aromatic N) is 1. The molecule has 2 atom stereocenters. The summed E-state index contributed by atoms with van der Waals surface area (Å²) in [4.78, 5) is 4.31. The summed E-state index contributed by atoms with van der Waals surface area (Å²) in [6, 6.07) is 0. The van der Waals surface area contributed by atoms with Crippen molar-refractivity contribution in [3.8, 4) is 0 Å². The standard InChI is InChI=1S/C10H21N3/c1-3-12-10(11)13-7-9-5-4-8(2)6-9/h8-9H,3-7H2,1-2H3,(H3,11,12,13). The second-order valence-corrected chi connectivity index (χ2v) is 4.04. The van der Waals surface area contributed by atoms with Gasteiger partial charge in [0.1, 0.15) is 0 Å². The Morgan fingerprint density at radius 3 is 2.85 bits per heavy atom. The highest BCUT2D eigenvalue weighted by Gasteiger charge is 2.20. The van der Waals surface area contributed by atoms with Crippen LogP contribution in [0.15, 0.2) is 4.99 Å². The second-order valence-electron chi connectivity index (χ2n) is 4.04. The van der Waals surface area contributed by atoms with Crippen LogP contribution in [0.2, 0.25) is 0 Å². The van der Waals surface area contributed by atoms with Gasteiger partial charge in [-0.1, -0.05) is 13.3 Å². The van der Waals surface area contributed by atoms with E-state index in [-0.39, 0.29) is 0 Å². The summed E-state index contributed by atoms with van der Waals surface area (Å²) in [7, 11) is 0. The van der Waals surface area contributed by atoms with Crippen molar-refractivity contribution >= 4 is 5.96 Å². The highest BCUT2D eigenvalue weighted by Crippen LogP contribution is 2.30. The van der Waals surface area contributed by atoms with E-state index < -0.39 is 0 Å². The largest absolute Gasteiger partial charge is 0.370 e. The second kappa shape index (κ2) is 5.10. The minimum atomic E-state index is 0.599. The van der Waals surface area contributed by atoms with Gasteiger partial charge in [0.05, 0.1) is 0 Å². The third kappa shape index (κ3) is 3.66. The van der Waals surface area contributed by atoms with Gasteiger partial charge in [0, 0.05) is 13.1 Å². The molecule has 2 unspecified atom stereocenters. The van der Waals surface area contributed by atoms with E-state index in [4.69, 9.17) is 5.73 Å². The first kappa shape index (κ1) is 10.4. The molecule has 0 bridgehead atoms. The molecule has 0 aromatic heterocycles. The van der Waals surface area contributed by atoms with Gasteiger partial charge in [-0.25, -0.2) is 0 Å². The summed E-state index contributed by atoms with van der Waals surface area (Å²) in [6.07, 6.45) is 4.01. The van der Waals surface area contributed by atoms with Gasteiger partial charge < -0.3 is 11.1 Å². The average Bonchev–Trinajstić information content (AvgIpc) is 2.49. The summed E-state index contributed by atoms with van der Waals surface area (Å²) in [5.41, 5.74) is 5.64. The van der Waals surface area contributed by atoms with Crippen molar-refractivity contribution in [2.75, 3.05) is 13.1 Å². The van der Waals surface area contributed by atoms with Gasteiger partial charge in [0.25, 0.3) is 0 Å². The highest BCUT2D eigenvalue weighted by atomic mass is 15.1. The van der Waals surface area contributed by atoms with Crippen LogP contribution in [0.4, 0.5) is 0 Å². The summed E-state index contributed by atoms with van der Waals surface area (Å²) >= 11 is 0. The van der Waals surface area contributed by atoms with E-state index in [0.29, 0.717) is 5.96 Å². The Labute approximate surface area is 80.8 Å². The van der Waals surface area contributed by atoms with E-state index in [1.54, 1.807) is 0 Å². The Kier molecular flexibility index (Phi) is 4.06. The molecule has 3 nitrogen and oxygen atoms in total.